The topological polar surface area (TPSA) is 111 Å². The second-order valence-corrected chi connectivity index (χ2v) is 7.59. The van der Waals surface area contributed by atoms with E-state index in [0.717, 1.165) is 5.56 Å². The Bertz CT molecular complexity index is 1170. The second kappa shape index (κ2) is 9.02. The van der Waals surface area contributed by atoms with Gasteiger partial charge < -0.3 is 10.4 Å². The van der Waals surface area contributed by atoms with Crippen LogP contribution in [-0.4, -0.2) is 25.1 Å². The lowest BCUT2D eigenvalue weighted by Gasteiger charge is -2.13. The van der Waals surface area contributed by atoms with Crippen molar-refractivity contribution in [2.24, 2.45) is 10.2 Å². The quantitative estimate of drug-likeness (QED) is 0.363. The lowest BCUT2D eigenvalue weighted by atomic mass is 10.0. The van der Waals surface area contributed by atoms with Gasteiger partial charge in [0.25, 0.3) is 10.1 Å². The minimum absolute atomic E-state index is 0.117. The number of hydrogen-bond acceptors (Lipinski definition) is 6. The standard InChI is InChI=1S/C19H19N3O4S.C2H6/c1-11-6-4-5-7-15(11)21-22-18-12(2)8-13-9-14(27(24,25)26)10-16(20-3)17(13)19(18)23;1-2/h4-10,20,23H,1-3H3,(H,24,25,26);1-2H3. The van der Waals surface area contributed by atoms with Crippen molar-refractivity contribution in [3.8, 4) is 5.75 Å². The highest BCUT2D eigenvalue weighted by Gasteiger charge is 2.18. The SMILES string of the molecule is CC.CNc1cc(S(=O)(=O)O)cc2cc(C)c(N=Nc3ccccc3C)c(O)c12. The number of azo groups is 1. The van der Waals surface area contributed by atoms with Crippen LogP contribution in [0.15, 0.2) is 57.6 Å². The Morgan fingerprint density at radius 3 is 2.21 bits per heavy atom. The Morgan fingerprint density at radius 2 is 1.62 bits per heavy atom. The summed E-state index contributed by atoms with van der Waals surface area (Å²) in [6.07, 6.45) is 0. The van der Waals surface area contributed by atoms with Gasteiger partial charge in [0.1, 0.15) is 5.69 Å². The van der Waals surface area contributed by atoms with Crippen LogP contribution in [0.5, 0.6) is 5.75 Å². The maximum absolute atomic E-state index is 11.5. The molecule has 0 bridgehead atoms. The molecule has 0 aliphatic rings. The third-order valence-corrected chi connectivity index (χ3v) is 5.12. The number of anilines is 1. The van der Waals surface area contributed by atoms with Crippen molar-refractivity contribution in [1.82, 2.24) is 0 Å². The molecule has 154 valence electrons. The smallest absolute Gasteiger partial charge is 0.294 e. The van der Waals surface area contributed by atoms with E-state index in [9.17, 15) is 18.1 Å². The maximum Gasteiger partial charge on any atom is 0.294 e. The summed E-state index contributed by atoms with van der Waals surface area (Å²) >= 11 is 0. The van der Waals surface area contributed by atoms with Crippen molar-refractivity contribution in [1.29, 1.82) is 0 Å². The van der Waals surface area contributed by atoms with Gasteiger partial charge in [0.15, 0.2) is 5.75 Å². The minimum Gasteiger partial charge on any atom is -0.505 e. The zero-order chi connectivity index (χ0) is 21.8. The van der Waals surface area contributed by atoms with E-state index in [0.29, 0.717) is 33.4 Å². The summed E-state index contributed by atoms with van der Waals surface area (Å²) in [4.78, 5) is -0.257. The van der Waals surface area contributed by atoms with Crippen LogP contribution in [0.1, 0.15) is 25.0 Å². The molecule has 0 amide bonds. The highest BCUT2D eigenvalue weighted by Crippen LogP contribution is 2.43. The number of fused-ring (bicyclic) bond motifs is 1. The van der Waals surface area contributed by atoms with Gasteiger partial charge in [0.2, 0.25) is 0 Å². The van der Waals surface area contributed by atoms with Gasteiger partial charge in [-0.2, -0.15) is 13.5 Å². The number of phenols is 1. The maximum atomic E-state index is 11.5. The summed E-state index contributed by atoms with van der Waals surface area (Å²) in [7, 11) is -2.78. The van der Waals surface area contributed by atoms with E-state index in [1.807, 2.05) is 45.0 Å². The predicted molar refractivity (Wildman–Crippen MR) is 116 cm³/mol. The molecule has 0 unspecified atom stereocenters. The number of aryl methyl sites for hydroxylation is 2. The van der Waals surface area contributed by atoms with Crippen molar-refractivity contribution in [3.63, 3.8) is 0 Å². The number of rotatable bonds is 4. The van der Waals surface area contributed by atoms with E-state index in [1.165, 1.54) is 12.1 Å². The third-order valence-electron chi connectivity index (χ3n) is 4.29. The van der Waals surface area contributed by atoms with Gasteiger partial charge in [-0.05, 0) is 54.6 Å². The van der Waals surface area contributed by atoms with Gasteiger partial charge in [0.05, 0.1) is 10.6 Å². The molecule has 0 heterocycles. The zero-order valence-electron chi connectivity index (χ0n) is 17.1. The Kier molecular flexibility index (Phi) is 6.94. The van der Waals surface area contributed by atoms with E-state index in [-0.39, 0.29) is 10.6 Å². The Balaban J connectivity index is 0.00000145. The molecule has 0 saturated carbocycles. The number of phenolic OH excluding ortho intramolecular Hbond substituents is 1. The van der Waals surface area contributed by atoms with E-state index < -0.39 is 10.1 Å². The fourth-order valence-electron chi connectivity index (χ4n) is 2.87. The molecule has 3 N–H and O–H groups in total. The first-order chi connectivity index (χ1) is 13.7. The fraction of sp³-hybridized carbons (Fsp3) is 0.238. The van der Waals surface area contributed by atoms with Crippen LogP contribution in [0.2, 0.25) is 0 Å². The monoisotopic (exact) mass is 415 g/mol. The number of hydrogen-bond donors (Lipinski definition) is 3. The van der Waals surface area contributed by atoms with Crippen molar-refractivity contribution in [2.75, 3.05) is 12.4 Å². The number of aromatic hydroxyl groups is 1. The number of nitrogens with one attached hydrogen (secondary N) is 1. The zero-order valence-corrected chi connectivity index (χ0v) is 17.9. The van der Waals surface area contributed by atoms with E-state index in [1.54, 1.807) is 20.0 Å². The van der Waals surface area contributed by atoms with Crippen LogP contribution in [0.25, 0.3) is 10.8 Å². The van der Waals surface area contributed by atoms with Crippen molar-refractivity contribution < 1.29 is 18.1 Å². The van der Waals surface area contributed by atoms with Crippen molar-refractivity contribution >= 4 is 38.0 Å². The van der Waals surface area contributed by atoms with Crippen LogP contribution in [0.3, 0.4) is 0 Å². The Morgan fingerprint density at radius 1 is 0.966 bits per heavy atom. The van der Waals surface area contributed by atoms with Gasteiger partial charge in [0, 0.05) is 18.1 Å². The lowest BCUT2D eigenvalue weighted by molar-refractivity contribution is 0.480. The molecule has 0 aliphatic heterocycles. The highest BCUT2D eigenvalue weighted by molar-refractivity contribution is 7.85. The molecule has 3 aromatic rings. The molecule has 3 aromatic carbocycles. The molecule has 8 heteroatoms. The molecule has 0 atom stereocenters. The largest absolute Gasteiger partial charge is 0.505 e. The van der Waals surface area contributed by atoms with Crippen LogP contribution in [0, 0.1) is 13.8 Å². The first kappa shape index (κ1) is 22.3. The number of nitrogens with zero attached hydrogens (tertiary/aromatic N) is 2. The van der Waals surface area contributed by atoms with Crippen LogP contribution >= 0.6 is 0 Å². The van der Waals surface area contributed by atoms with Gasteiger partial charge in [-0.3, -0.25) is 4.55 Å². The molecule has 0 saturated heterocycles. The summed E-state index contributed by atoms with van der Waals surface area (Å²) in [6.45, 7) is 7.65. The summed E-state index contributed by atoms with van der Waals surface area (Å²) in [6, 6.07) is 11.7. The van der Waals surface area contributed by atoms with Crippen LogP contribution < -0.4 is 5.32 Å². The Hall–Kier alpha value is -2.97. The fourth-order valence-corrected chi connectivity index (χ4v) is 3.42. The normalized spacial score (nSPS) is 11.4. The predicted octanol–water partition coefficient (Wildman–Crippen LogP) is 5.89. The van der Waals surface area contributed by atoms with Gasteiger partial charge in [-0.1, -0.05) is 32.0 Å². The molecule has 0 radical (unpaired) electrons. The Labute approximate surface area is 170 Å². The van der Waals surface area contributed by atoms with Crippen molar-refractivity contribution in [2.45, 2.75) is 32.6 Å². The molecular weight excluding hydrogens is 390 g/mol. The van der Waals surface area contributed by atoms with Crippen LogP contribution in [0.4, 0.5) is 17.1 Å². The van der Waals surface area contributed by atoms with E-state index in [2.05, 4.69) is 15.5 Å². The van der Waals surface area contributed by atoms with Gasteiger partial charge >= 0.3 is 0 Å². The summed E-state index contributed by atoms with van der Waals surface area (Å²) < 4.78 is 32.4. The third kappa shape index (κ3) is 4.72. The average molecular weight is 416 g/mol. The van der Waals surface area contributed by atoms with E-state index >= 15 is 0 Å². The second-order valence-electron chi connectivity index (χ2n) is 6.17. The van der Waals surface area contributed by atoms with E-state index in [4.69, 9.17) is 0 Å². The summed E-state index contributed by atoms with van der Waals surface area (Å²) in [5, 5.41) is 22.9. The molecule has 0 spiro atoms. The summed E-state index contributed by atoms with van der Waals surface area (Å²) in [5.74, 6) is -0.117. The minimum atomic E-state index is -4.38. The molecule has 3 rings (SSSR count). The first-order valence-electron chi connectivity index (χ1n) is 9.15. The highest BCUT2D eigenvalue weighted by atomic mass is 32.2. The van der Waals surface area contributed by atoms with Crippen LogP contribution in [-0.2, 0) is 10.1 Å². The molecule has 29 heavy (non-hydrogen) atoms. The molecule has 0 aromatic heterocycles. The average Bonchev–Trinajstić information content (AvgIpc) is 2.68. The molecule has 0 fully saturated rings. The molecule has 0 aliphatic carbocycles. The molecular formula is C21H25N3O4S. The molecule has 7 nitrogen and oxygen atoms in total. The van der Waals surface area contributed by atoms with Gasteiger partial charge in [-0.15, -0.1) is 5.11 Å². The van der Waals surface area contributed by atoms with Gasteiger partial charge in [-0.25, -0.2) is 0 Å². The van der Waals surface area contributed by atoms with Crippen molar-refractivity contribution in [3.05, 3.63) is 53.6 Å². The summed E-state index contributed by atoms with van der Waals surface area (Å²) in [5.41, 5.74) is 2.90. The lowest BCUT2D eigenvalue weighted by Crippen LogP contribution is -2.00. The first-order valence-corrected chi connectivity index (χ1v) is 10.6. The number of benzene rings is 3.